The molecule has 0 radical (unpaired) electrons. The highest BCUT2D eigenvalue weighted by Gasteiger charge is 2.17. The van der Waals surface area contributed by atoms with Gasteiger partial charge < -0.3 is 4.74 Å². The average molecular weight is 296 g/mol. The first-order valence-electron chi connectivity index (χ1n) is 7.15. The molecular weight excluding hydrogens is 276 g/mol. The van der Waals surface area contributed by atoms with E-state index >= 15 is 0 Å². The number of benzene rings is 2. The van der Waals surface area contributed by atoms with Gasteiger partial charge in [0, 0.05) is 12.8 Å². The summed E-state index contributed by atoms with van der Waals surface area (Å²) in [5.41, 5.74) is 5.30. The third kappa shape index (κ3) is 3.95. The lowest BCUT2D eigenvalue weighted by Crippen LogP contribution is -2.19. The SMILES string of the molecule is COc1ccc(C(C)/C(=N/Nc2ccccc2)C(C)=O)cc1. The number of ether oxygens (including phenoxy) is 1. The molecule has 0 amide bonds. The van der Waals surface area contributed by atoms with Crippen LogP contribution in [-0.4, -0.2) is 18.6 Å². The highest BCUT2D eigenvalue weighted by atomic mass is 16.5. The molecule has 0 aliphatic rings. The third-order valence-electron chi connectivity index (χ3n) is 3.47. The quantitative estimate of drug-likeness (QED) is 0.650. The molecule has 0 spiro atoms. The van der Waals surface area contributed by atoms with Crippen LogP contribution in [0, 0.1) is 0 Å². The molecule has 4 nitrogen and oxygen atoms in total. The van der Waals surface area contributed by atoms with Crippen LogP contribution in [0.3, 0.4) is 0 Å². The van der Waals surface area contributed by atoms with Crippen LogP contribution < -0.4 is 10.2 Å². The summed E-state index contributed by atoms with van der Waals surface area (Å²) in [6.07, 6.45) is 0. The molecule has 0 heterocycles. The monoisotopic (exact) mass is 296 g/mol. The molecule has 2 aromatic rings. The Balaban J connectivity index is 2.20. The summed E-state index contributed by atoms with van der Waals surface area (Å²) in [6, 6.07) is 17.2. The summed E-state index contributed by atoms with van der Waals surface area (Å²) < 4.78 is 5.15. The number of methoxy groups -OCH3 is 1. The van der Waals surface area contributed by atoms with Crippen molar-refractivity contribution in [1.82, 2.24) is 0 Å². The molecule has 2 aromatic carbocycles. The first-order valence-corrected chi connectivity index (χ1v) is 7.15. The number of nitrogens with one attached hydrogen (secondary N) is 1. The third-order valence-corrected chi connectivity index (χ3v) is 3.47. The number of hydrazone groups is 1. The molecule has 0 aromatic heterocycles. The molecule has 1 unspecified atom stereocenters. The molecular formula is C18H20N2O2. The summed E-state index contributed by atoms with van der Waals surface area (Å²) in [4.78, 5) is 11.9. The Morgan fingerprint density at radius 1 is 1.09 bits per heavy atom. The van der Waals surface area contributed by atoms with Crippen LogP contribution in [0.5, 0.6) is 5.75 Å². The van der Waals surface area contributed by atoms with Crippen LogP contribution in [0.2, 0.25) is 0 Å². The fraction of sp³-hybridized carbons (Fsp3) is 0.222. The van der Waals surface area contributed by atoms with Crippen molar-refractivity contribution in [3.63, 3.8) is 0 Å². The number of para-hydroxylation sites is 1. The summed E-state index contributed by atoms with van der Waals surface area (Å²) in [7, 11) is 1.63. The van der Waals surface area contributed by atoms with Crippen molar-refractivity contribution in [1.29, 1.82) is 0 Å². The fourth-order valence-corrected chi connectivity index (χ4v) is 2.17. The highest BCUT2D eigenvalue weighted by molar-refractivity contribution is 6.41. The lowest BCUT2D eigenvalue weighted by molar-refractivity contribution is -0.111. The Labute approximate surface area is 130 Å². The molecule has 0 aliphatic carbocycles. The fourth-order valence-electron chi connectivity index (χ4n) is 2.17. The van der Waals surface area contributed by atoms with Crippen molar-refractivity contribution in [2.24, 2.45) is 5.10 Å². The van der Waals surface area contributed by atoms with Gasteiger partial charge in [0.15, 0.2) is 5.78 Å². The summed E-state index contributed by atoms with van der Waals surface area (Å²) >= 11 is 0. The maximum absolute atomic E-state index is 11.9. The van der Waals surface area contributed by atoms with Crippen molar-refractivity contribution in [2.75, 3.05) is 12.5 Å². The molecule has 0 saturated heterocycles. The second kappa shape index (κ2) is 7.41. The predicted octanol–water partition coefficient (Wildman–Crippen LogP) is 3.86. The van der Waals surface area contributed by atoms with Crippen molar-refractivity contribution < 1.29 is 9.53 Å². The van der Waals surface area contributed by atoms with Gasteiger partial charge in [-0.2, -0.15) is 5.10 Å². The van der Waals surface area contributed by atoms with Gasteiger partial charge in [-0.1, -0.05) is 37.3 Å². The minimum absolute atomic E-state index is 0.0493. The molecule has 4 heteroatoms. The summed E-state index contributed by atoms with van der Waals surface area (Å²) in [5.74, 6) is 0.644. The van der Waals surface area contributed by atoms with Crippen molar-refractivity contribution in [3.8, 4) is 5.75 Å². The molecule has 22 heavy (non-hydrogen) atoms. The molecule has 1 atom stereocenters. The lowest BCUT2D eigenvalue weighted by atomic mass is 9.94. The first kappa shape index (κ1) is 15.8. The molecule has 0 saturated carbocycles. The zero-order valence-corrected chi connectivity index (χ0v) is 13.0. The first-order chi connectivity index (χ1) is 10.6. The zero-order chi connectivity index (χ0) is 15.9. The van der Waals surface area contributed by atoms with E-state index in [1.165, 1.54) is 6.92 Å². The van der Waals surface area contributed by atoms with Crippen LogP contribution in [0.4, 0.5) is 5.69 Å². The highest BCUT2D eigenvalue weighted by Crippen LogP contribution is 2.21. The van der Waals surface area contributed by atoms with E-state index in [4.69, 9.17) is 4.74 Å². The topological polar surface area (TPSA) is 50.7 Å². The molecule has 0 bridgehead atoms. The van der Waals surface area contributed by atoms with Gasteiger partial charge in [0.2, 0.25) is 0 Å². The van der Waals surface area contributed by atoms with Crippen LogP contribution in [0.25, 0.3) is 0 Å². The number of carbonyl (C=O) groups excluding carboxylic acids is 1. The van der Waals surface area contributed by atoms with Gasteiger partial charge in [0.05, 0.1) is 12.8 Å². The van der Waals surface area contributed by atoms with Gasteiger partial charge in [0.1, 0.15) is 11.5 Å². The van der Waals surface area contributed by atoms with E-state index in [1.54, 1.807) is 7.11 Å². The maximum atomic E-state index is 11.9. The van der Waals surface area contributed by atoms with E-state index in [0.29, 0.717) is 5.71 Å². The Bertz CT molecular complexity index is 649. The largest absolute Gasteiger partial charge is 0.497 e. The number of nitrogens with zero attached hydrogens (tertiary/aromatic N) is 1. The number of hydrogen-bond acceptors (Lipinski definition) is 4. The smallest absolute Gasteiger partial charge is 0.176 e. The Morgan fingerprint density at radius 2 is 1.73 bits per heavy atom. The van der Waals surface area contributed by atoms with Gasteiger partial charge in [-0.15, -0.1) is 0 Å². The Morgan fingerprint density at radius 3 is 2.27 bits per heavy atom. The second-order valence-electron chi connectivity index (χ2n) is 5.03. The Kier molecular flexibility index (Phi) is 5.31. The maximum Gasteiger partial charge on any atom is 0.176 e. The van der Waals surface area contributed by atoms with E-state index < -0.39 is 0 Å². The second-order valence-corrected chi connectivity index (χ2v) is 5.03. The van der Waals surface area contributed by atoms with Gasteiger partial charge in [0.25, 0.3) is 0 Å². The van der Waals surface area contributed by atoms with E-state index in [0.717, 1.165) is 17.0 Å². The summed E-state index contributed by atoms with van der Waals surface area (Å²) in [6.45, 7) is 3.50. The van der Waals surface area contributed by atoms with Gasteiger partial charge in [-0.05, 0) is 29.8 Å². The van der Waals surface area contributed by atoms with Crippen molar-refractivity contribution >= 4 is 17.2 Å². The number of ketones is 1. The van der Waals surface area contributed by atoms with Crippen LogP contribution in [0.15, 0.2) is 59.7 Å². The molecule has 114 valence electrons. The number of Topliss-reactive ketones (excluding diaryl/α,β-unsaturated/α-hetero) is 1. The minimum Gasteiger partial charge on any atom is -0.497 e. The number of anilines is 1. The summed E-state index contributed by atoms with van der Waals surface area (Å²) in [5, 5.41) is 4.30. The molecule has 0 aliphatic heterocycles. The van der Waals surface area contributed by atoms with Crippen LogP contribution in [-0.2, 0) is 4.79 Å². The number of carbonyl (C=O) groups is 1. The predicted molar refractivity (Wildman–Crippen MR) is 89.6 cm³/mol. The average Bonchev–Trinajstić information content (AvgIpc) is 2.55. The van der Waals surface area contributed by atoms with E-state index in [1.807, 2.05) is 61.5 Å². The van der Waals surface area contributed by atoms with Crippen LogP contribution in [0.1, 0.15) is 25.3 Å². The lowest BCUT2D eigenvalue weighted by Gasteiger charge is -2.14. The normalized spacial score (nSPS) is 12.6. The molecule has 0 fully saturated rings. The van der Waals surface area contributed by atoms with E-state index in [9.17, 15) is 4.79 Å². The molecule has 1 N–H and O–H groups in total. The van der Waals surface area contributed by atoms with Crippen molar-refractivity contribution in [3.05, 3.63) is 60.2 Å². The van der Waals surface area contributed by atoms with E-state index in [-0.39, 0.29) is 11.7 Å². The zero-order valence-electron chi connectivity index (χ0n) is 13.0. The molecule has 2 rings (SSSR count). The number of hydrogen-bond donors (Lipinski definition) is 1. The van der Waals surface area contributed by atoms with Gasteiger partial charge >= 0.3 is 0 Å². The van der Waals surface area contributed by atoms with Gasteiger partial charge in [-0.3, -0.25) is 10.2 Å². The standard InChI is InChI=1S/C18H20N2O2/c1-13(15-9-11-17(22-3)12-10-15)18(14(2)21)20-19-16-7-5-4-6-8-16/h4-13,19H,1-3H3/b20-18-. The van der Waals surface area contributed by atoms with E-state index in [2.05, 4.69) is 10.5 Å². The van der Waals surface area contributed by atoms with Crippen LogP contribution >= 0.6 is 0 Å². The minimum atomic E-state index is -0.0976. The van der Waals surface area contributed by atoms with Crippen molar-refractivity contribution in [2.45, 2.75) is 19.8 Å². The number of rotatable bonds is 6. The Hall–Kier alpha value is -2.62. The van der Waals surface area contributed by atoms with Gasteiger partial charge in [-0.25, -0.2) is 0 Å².